The third kappa shape index (κ3) is 4.84. The van der Waals surface area contributed by atoms with Gasteiger partial charge in [0, 0.05) is 17.6 Å². The second-order valence-electron chi connectivity index (χ2n) is 6.44. The van der Waals surface area contributed by atoms with Crippen LogP contribution in [-0.2, 0) is 10.0 Å². The Bertz CT molecular complexity index is 887. The number of hydrogen-bond acceptors (Lipinski definition) is 4. The minimum absolute atomic E-state index is 0.0166. The molecule has 0 amide bonds. The van der Waals surface area contributed by atoms with Gasteiger partial charge in [0.25, 0.3) is 0 Å². The summed E-state index contributed by atoms with van der Waals surface area (Å²) in [5.74, 6) is 0.240. The number of nitrogens with one attached hydrogen (secondary N) is 1. The maximum Gasteiger partial charge on any atom is 0.244 e. The van der Waals surface area contributed by atoms with Gasteiger partial charge in [-0.05, 0) is 59.6 Å². The van der Waals surface area contributed by atoms with Crippen molar-refractivity contribution in [1.29, 1.82) is 0 Å². The number of rotatable bonds is 7. The molecule has 3 rings (SSSR count). The summed E-state index contributed by atoms with van der Waals surface area (Å²) in [6.45, 7) is 2.21. The highest BCUT2D eigenvalue weighted by atomic mass is 79.9. The molecule has 0 radical (unpaired) electrons. The van der Waals surface area contributed by atoms with Crippen molar-refractivity contribution >= 4 is 37.6 Å². The topological polar surface area (TPSA) is 58.6 Å². The van der Waals surface area contributed by atoms with E-state index in [0.29, 0.717) is 9.50 Å². The van der Waals surface area contributed by atoms with Gasteiger partial charge in [0.1, 0.15) is 4.90 Å². The van der Waals surface area contributed by atoms with Gasteiger partial charge in [-0.1, -0.05) is 41.9 Å². The van der Waals surface area contributed by atoms with E-state index >= 15 is 0 Å². The second kappa shape index (κ2) is 8.92. The molecule has 2 aromatic carbocycles. The SMILES string of the molecule is COc1c(Br)cc(Cl)cc1S(=O)(=O)NCC(c1ccccc1)N1CCCC1. The van der Waals surface area contributed by atoms with Crippen molar-refractivity contribution in [3.63, 3.8) is 0 Å². The molecule has 0 bridgehead atoms. The van der Waals surface area contributed by atoms with Crippen LogP contribution in [0.2, 0.25) is 5.02 Å². The van der Waals surface area contributed by atoms with Crippen LogP contribution in [0, 0.1) is 0 Å². The summed E-state index contributed by atoms with van der Waals surface area (Å²) in [5.41, 5.74) is 1.10. The van der Waals surface area contributed by atoms with E-state index in [1.807, 2.05) is 30.3 Å². The number of sulfonamides is 1. The third-order valence-electron chi connectivity index (χ3n) is 4.70. The van der Waals surface area contributed by atoms with E-state index in [0.717, 1.165) is 31.5 Å². The Labute approximate surface area is 173 Å². The fourth-order valence-corrected chi connectivity index (χ4v) is 5.81. The average molecular weight is 474 g/mol. The summed E-state index contributed by atoms with van der Waals surface area (Å²) in [6, 6.07) is 13.0. The summed E-state index contributed by atoms with van der Waals surface area (Å²) >= 11 is 9.37. The van der Waals surface area contributed by atoms with Crippen LogP contribution in [0.15, 0.2) is 51.8 Å². The first-order valence-corrected chi connectivity index (χ1v) is 11.4. The van der Waals surface area contributed by atoms with Gasteiger partial charge in [0.2, 0.25) is 10.0 Å². The molecule has 8 heteroatoms. The Morgan fingerprint density at radius 1 is 1.22 bits per heavy atom. The second-order valence-corrected chi connectivity index (χ2v) is 9.47. The molecule has 5 nitrogen and oxygen atoms in total. The van der Waals surface area contributed by atoms with Crippen LogP contribution in [0.4, 0.5) is 0 Å². The smallest absolute Gasteiger partial charge is 0.244 e. The molecule has 1 fully saturated rings. The van der Waals surface area contributed by atoms with Crippen molar-refractivity contribution in [3.8, 4) is 5.75 Å². The molecule has 0 saturated carbocycles. The van der Waals surface area contributed by atoms with Gasteiger partial charge in [0.05, 0.1) is 11.6 Å². The number of halogens is 2. The quantitative estimate of drug-likeness (QED) is 0.654. The van der Waals surface area contributed by atoms with Crippen molar-refractivity contribution < 1.29 is 13.2 Å². The molecular formula is C19H22BrClN2O3S. The van der Waals surface area contributed by atoms with E-state index in [4.69, 9.17) is 16.3 Å². The Kier molecular flexibility index (Phi) is 6.81. The zero-order valence-corrected chi connectivity index (χ0v) is 18.1. The lowest BCUT2D eigenvalue weighted by molar-refractivity contribution is 0.246. The molecule has 1 N–H and O–H groups in total. The van der Waals surface area contributed by atoms with Crippen LogP contribution in [-0.4, -0.2) is 40.1 Å². The van der Waals surface area contributed by atoms with Gasteiger partial charge in [-0.2, -0.15) is 0 Å². The van der Waals surface area contributed by atoms with E-state index in [2.05, 4.69) is 25.6 Å². The molecule has 1 atom stereocenters. The first-order valence-electron chi connectivity index (χ1n) is 8.74. The van der Waals surface area contributed by atoms with E-state index in [-0.39, 0.29) is 23.2 Å². The Hall–Kier alpha value is -1.12. The number of nitrogens with zero attached hydrogens (tertiary/aromatic N) is 1. The lowest BCUT2D eigenvalue weighted by atomic mass is 10.1. The molecule has 146 valence electrons. The lowest BCUT2D eigenvalue weighted by Gasteiger charge is -2.28. The fraction of sp³-hybridized carbons (Fsp3) is 0.368. The largest absolute Gasteiger partial charge is 0.494 e. The first-order chi connectivity index (χ1) is 12.9. The normalized spacial score (nSPS) is 16.4. The molecule has 1 heterocycles. The van der Waals surface area contributed by atoms with Crippen molar-refractivity contribution in [3.05, 3.63) is 57.5 Å². The Balaban J connectivity index is 1.86. The number of methoxy groups -OCH3 is 1. The molecule has 1 aliphatic heterocycles. The highest BCUT2D eigenvalue weighted by Gasteiger charge is 2.27. The van der Waals surface area contributed by atoms with Gasteiger partial charge in [0.15, 0.2) is 5.75 Å². The number of benzene rings is 2. The van der Waals surface area contributed by atoms with Crippen molar-refractivity contribution in [2.75, 3.05) is 26.7 Å². The number of ether oxygens (including phenoxy) is 1. The van der Waals surface area contributed by atoms with Crippen molar-refractivity contribution in [2.24, 2.45) is 0 Å². The third-order valence-corrected chi connectivity index (χ3v) is 6.94. The standard InChI is InChI=1S/C19H22BrClN2O3S/c1-26-19-16(20)11-15(21)12-18(19)27(24,25)22-13-17(23-9-5-6-10-23)14-7-3-2-4-8-14/h2-4,7-8,11-12,17,22H,5-6,9-10,13H2,1H3. The first kappa shape index (κ1) is 20.6. The molecule has 0 spiro atoms. The van der Waals surface area contributed by atoms with Gasteiger partial charge in [-0.15, -0.1) is 0 Å². The summed E-state index contributed by atoms with van der Waals surface area (Å²) in [4.78, 5) is 2.35. The lowest BCUT2D eigenvalue weighted by Crippen LogP contribution is -2.36. The van der Waals surface area contributed by atoms with Crippen LogP contribution < -0.4 is 9.46 Å². The molecule has 0 aliphatic carbocycles. The fourth-order valence-electron chi connectivity index (χ4n) is 3.39. The number of hydrogen-bond donors (Lipinski definition) is 1. The molecular weight excluding hydrogens is 452 g/mol. The zero-order chi connectivity index (χ0) is 19.4. The van der Waals surface area contributed by atoms with Gasteiger partial charge in [-0.3, -0.25) is 4.90 Å². The maximum absolute atomic E-state index is 13.0. The summed E-state index contributed by atoms with van der Waals surface area (Å²) < 4.78 is 34.5. The van der Waals surface area contributed by atoms with Crippen molar-refractivity contribution in [2.45, 2.75) is 23.8 Å². The van der Waals surface area contributed by atoms with Gasteiger partial charge >= 0.3 is 0 Å². The van der Waals surface area contributed by atoms with Gasteiger partial charge < -0.3 is 4.74 Å². The van der Waals surface area contributed by atoms with Crippen LogP contribution in [0.3, 0.4) is 0 Å². The van der Waals surface area contributed by atoms with Crippen LogP contribution in [0.1, 0.15) is 24.4 Å². The monoisotopic (exact) mass is 472 g/mol. The highest BCUT2D eigenvalue weighted by molar-refractivity contribution is 9.10. The molecule has 1 aliphatic rings. The molecule has 2 aromatic rings. The Morgan fingerprint density at radius 2 is 1.89 bits per heavy atom. The molecule has 27 heavy (non-hydrogen) atoms. The summed E-state index contributed by atoms with van der Waals surface area (Å²) in [6.07, 6.45) is 2.26. The zero-order valence-electron chi connectivity index (χ0n) is 15.0. The van der Waals surface area contributed by atoms with Crippen molar-refractivity contribution in [1.82, 2.24) is 9.62 Å². The number of likely N-dealkylation sites (tertiary alicyclic amines) is 1. The van der Waals surface area contributed by atoms with E-state index in [1.54, 1.807) is 6.07 Å². The van der Waals surface area contributed by atoms with E-state index < -0.39 is 10.0 Å². The van der Waals surface area contributed by atoms with Gasteiger partial charge in [-0.25, -0.2) is 13.1 Å². The predicted molar refractivity (Wildman–Crippen MR) is 111 cm³/mol. The average Bonchev–Trinajstić information content (AvgIpc) is 3.16. The van der Waals surface area contributed by atoms with E-state index in [1.165, 1.54) is 13.2 Å². The highest BCUT2D eigenvalue weighted by Crippen LogP contribution is 2.35. The minimum Gasteiger partial charge on any atom is -0.494 e. The minimum atomic E-state index is -3.80. The van der Waals surface area contributed by atoms with Crippen LogP contribution >= 0.6 is 27.5 Å². The van der Waals surface area contributed by atoms with Crippen LogP contribution in [0.5, 0.6) is 5.75 Å². The predicted octanol–water partition coefficient (Wildman–Crippen LogP) is 4.23. The molecule has 1 saturated heterocycles. The summed E-state index contributed by atoms with van der Waals surface area (Å²) in [5, 5.41) is 0.321. The summed E-state index contributed by atoms with van der Waals surface area (Å²) in [7, 11) is -2.36. The molecule has 1 unspecified atom stereocenters. The Morgan fingerprint density at radius 3 is 2.52 bits per heavy atom. The van der Waals surface area contributed by atoms with Crippen LogP contribution in [0.25, 0.3) is 0 Å². The maximum atomic E-state index is 13.0. The van der Waals surface area contributed by atoms with E-state index in [9.17, 15) is 8.42 Å². The molecule has 0 aromatic heterocycles.